The molecule has 0 amide bonds. The molecule has 0 aliphatic heterocycles. The van der Waals surface area contributed by atoms with Crippen LogP contribution >= 0.6 is 0 Å². The van der Waals surface area contributed by atoms with E-state index in [1.807, 2.05) is 0 Å². The lowest BCUT2D eigenvalue weighted by atomic mass is 9.98. The van der Waals surface area contributed by atoms with Crippen LogP contribution in [0.15, 0.2) is 0 Å². The molecule has 0 saturated heterocycles. The highest BCUT2D eigenvalue weighted by atomic mass is 16.3. The third kappa shape index (κ3) is 12.2. The van der Waals surface area contributed by atoms with Gasteiger partial charge in [-0.2, -0.15) is 0 Å². The molecule has 17 heavy (non-hydrogen) atoms. The summed E-state index contributed by atoms with van der Waals surface area (Å²) in [6.07, 6.45) is 16.4. The molecule has 1 atom stereocenters. The average molecular weight is 242 g/mol. The molecule has 104 valence electrons. The fraction of sp³-hybridized carbons (Fsp3) is 1.00. The van der Waals surface area contributed by atoms with Crippen LogP contribution in [-0.4, -0.2) is 11.7 Å². The van der Waals surface area contributed by atoms with Crippen LogP contribution in [0.3, 0.4) is 0 Å². The molecule has 1 N–H and O–H groups in total. The molecule has 1 unspecified atom stereocenters. The van der Waals surface area contributed by atoms with Gasteiger partial charge in [0.1, 0.15) is 0 Å². The second kappa shape index (κ2) is 14.0. The van der Waals surface area contributed by atoms with Gasteiger partial charge in [-0.05, 0) is 12.3 Å². The Morgan fingerprint density at radius 1 is 0.706 bits per heavy atom. The maximum absolute atomic E-state index is 9.07. The molecule has 0 aromatic rings. The van der Waals surface area contributed by atoms with E-state index in [1.165, 1.54) is 70.6 Å². The van der Waals surface area contributed by atoms with Gasteiger partial charge in [0, 0.05) is 6.61 Å². The van der Waals surface area contributed by atoms with Gasteiger partial charge in [0.15, 0.2) is 0 Å². The summed E-state index contributed by atoms with van der Waals surface area (Å²) in [5.41, 5.74) is 0. The molecule has 0 aliphatic carbocycles. The molecule has 0 spiro atoms. The number of aliphatic hydroxyl groups excluding tert-OH is 1. The predicted octanol–water partition coefficient (Wildman–Crippen LogP) is 5.32. The fourth-order valence-corrected chi connectivity index (χ4v) is 2.34. The normalized spacial score (nSPS) is 12.9. The Hall–Kier alpha value is -0.0400. The monoisotopic (exact) mass is 242 g/mol. The van der Waals surface area contributed by atoms with Gasteiger partial charge in [-0.1, -0.05) is 84.5 Å². The molecule has 0 aromatic heterocycles. The molecule has 0 fully saturated rings. The lowest BCUT2D eigenvalue weighted by Crippen LogP contribution is -2.03. The Morgan fingerprint density at radius 2 is 1.18 bits per heavy atom. The number of rotatable bonds is 13. The summed E-state index contributed by atoms with van der Waals surface area (Å²) in [6.45, 7) is 4.83. The Morgan fingerprint density at radius 3 is 1.59 bits per heavy atom. The van der Waals surface area contributed by atoms with Gasteiger partial charge < -0.3 is 5.11 Å². The predicted molar refractivity (Wildman–Crippen MR) is 77.3 cm³/mol. The Labute approximate surface area is 109 Å². The topological polar surface area (TPSA) is 20.2 Å². The van der Waals surface area contributed by atoms with E-state index < -0.39 is 0 Å². The van der Waals surface area contributed by atoms with E-state index in [-0.39, 0.29) is 0 Å². The summed E-state index contributed by atoms with van der Waals surface area (Å²) < 4.78 is 0. The van der Waals surface area contributed by atoms with Crippen LogP contribution in [0.1, 0.15) is 90.9 Å². The summed E-state index contributed by atoms with van der Waals surface area (Å²) in [4.78, 5) is 0. The van der Waals surface area contributed by atoms with Crippen molar-refractivity contribution in [1.82, 2.24) is 0 Å². The highest BCUT2D eigenvalue weighted by molar-refractivity contribution is 4.55. The first-order valence-electron chi connectivity index (χ1n) is 7.96. The Bertz CT molecular complexity index is 129. The van der Waals surface area contributed by atoms with Crippen LogP contribution in [0.25, 0.3) is 0 Å². The quantitative estimate of drug-likeness (QED) is 0.434. The highest BCUT2D eigenvalue weighted by Gasteiger charge is 2.03. The van der Waals surface area contributed by atoms with Crippen LogP contribution in [0.4, 0.5) is 0 Å². The van der Waals surface area contributed by atoms with Gasteiger partial charge in [-0.3, -0.25) is 0 Å². The second-order valence-electron chi connectivity index (χ2n) is 5.43. The van der Waals surface area contributed by atoms with Crippen LogP contribution in [0.2, 0.25) is 0 Å². The van der Waals surface area contributed by atoms with Crippen LogP contribution in [-0.2, 0) is 0 Å². The van der Waals surface area contributed by atoms with E-state index in [9.17, 15) is 0 Å². The molecule has 1 heteroatoms. The van der Waals surface area contributed by atoms with E-state index >= 15 is 0 Å². The summed E-state index contributed by atoms with van der Waals surface area (Å²) in [5.74, 6) is 0.559. The molecule has 1 nitrogen and oxygen atoms in total. The van der Waals surface area contributed by atoms with E-state index in [4.69, 9.17) is 5.11 Å². The number of hydrogen-bond acceptors (Lipinski definition) is 1. The summed E-state index contributed by atoms with van der Waals surface area (Å²) in [5, 5.41) is 9.07. The minimum Gasteiger partial charge on any atom is -0.396 e. The van der Waals surface area contributed by atoms with Gasteiger partial charge in [0.25, 0.3) is 0 Å². The summed E-state index contributed by atoms with van der Waals surface area (Å²) >= 11 is 0. The molecule has 0 heterocycles. The van der Waals surface area contributed by atoms with Crippen molar-refractivity contribution >= 4 is 0 Å². The second-order valence-corrected chi connectivity index (χ2v) is 5.43. The van der Waals surface area contributed by atoms with E-state index in [1.54, 1.807) is 0 Å². The summed E-state index contributed by atoms with van der Waals surface area (Å²) in [6, 6.07) is 0. The van der Waals surface area contributed by atoms with Gasteiger partial charge in [0.2, 0.25) is 0 Å². The van der Waals surface area contributed by atoms with Crippen molar-refractivity contribution in [3.05, 3.63) is 0 Å². The molecule has 0 aliphatic rings. The lowest BCUT2D eigenvalue weighted by molar-refractivity contribution is 0.211. The Kier molecular flexibility index (Phi) is 14.0. The van der Waals surface area contributed by atoms with Crippen LogP contribution in [0, 0.1) is 5.92 Å². The van der Waals surface area contributed by atoms with Crippen molar-refractivity contribution in [2.45, 2.75) is 90.9 Å². The van der Waals surface area contributed by atoms with Crippen LogP contribution < -0.4 is 0 Å². The highest BCUT2D eigenvalue weighted by Crippen LogP contribution is 2.15. The van der Waals surface area contributed by atoms with Gasteiger partial charge in [-0.15, -0.1) is 0 Å². The molecule has 0 radical (unpaired) electrons. The zero-order valence-electron chi connectivity index (χ0n) is 12.2. The molecule has 0 bridgehead atoms. The Balaban J connectivity index is 3.03. The molecule has 0 saturated carbocycles. The van der Waals surface area contributed by atoms with E-state index in [0.717, 1.165) is 6.42 Å². The third-order valence-corrected chi connectivity index (χ3v) is 3.80. The number of hydrogen-bond donors (Lipinski definition) is 1. The van der Waals surface area contributed by atoms with Crippen molar-refractivity contribution < 1.29 is 5.11 Å². The first-order chi connectivity index (χ1) is 8.35. The fourth-order valence-electron chi connectivity index (χ4n) is 2.34. The molecular formula is C16H34O. The van der Waals surface area contributed by atoms with Crippen molar-refractivity contribution in [2.75, 3.05) is 6.61 Å². The van der Waals surface area contributed by atoms with Gasteiger partial charge >= 0.3 is 0 Å². The minimum atomic E-state index is 0.383. The smallest absolute Gasteiger partial charge is 0.0459 e. The average Bonchev–Trinajstić information content (AvgIpc) is 2.36. The number of aliphatic hydroxyl groups is 1. The van der Waals surface area contributed by atoms with Crippen molar-refractivity contribution in [3.63, 3.8) is 0 Å². The molecule has 0 rings (SSSR count). The standard InChI is InChI=1S/C16H34O/c1-3-5-6-7-8-9-10-11-12-13-14-16(4-2)15-17/h16-17H,3-15H2,1-2H3. The SMILES string of the molecule is CCCCCCCCCCCCC(CC)CO. The molecular weight excluding hydrogens is 208 g/mol. The first kappa shape index (κ1) is 17.0. The van der Waals surface area contributed by atoms with Gasteiger partial charge in [0.05, 0.1) is 0 Å². The van der Waals surface area contributed by atoms with Crippen molar-refractivity contribution in [2.24, 2.45) is 5.92 Å². The lowest BCUT2D eigenvalue weighted by Gasteiger charge is -2.10. The first-order valence-corrected chi connectivity index (χ1v) is 7.96. The summed E-state index contributed by atoms with van der Waals surface area (Å²) in [7, 11) is 0. The van der Waals surface area contributed by atoms with Crippen LogP contribution in [0.5, 0.6) is 0 Å². The third-order valence-electron chi connectivity index (χ3n) is 3.80. The van der Waals surface area contributed by atoms with E-state index in [2.05, 4.69) is 13.8 Å². The van der Waals surface area contributed by atoms with Crippen molar-refractivity contribution in [3.8, 4) is 0 Å². The minimum absolute atomic E-state index is 0.383. The van der Waals surface area contributed by atoms with Gasteiger partial charge in [-0.25, -0.2) is 0 Å². The maximum atomic E-state index is 9.07. The maximum Gasteiger partial charge on any atom is 0.0459 e. The number of unbranched alkanes of at least 4 members (excludes halogenated alkanes) is 9. The van der Waals surface area contributed by atoms with E-state index in [0.29, 0.717) is 12.5 Å². The molecule has 0 aromatic carbocycles. The van der Waals surface area contributed by atoms with Crippen molar-refractivity contribution in [1.29, 1.82) is 0 Å². The zero-order chi connectivity index (χ0) is 12.8. The zero-order valence-corrected chi connectivity index (χ0v) is 12.2. The largest absolute Gasteiger partial charge is 0.396 e.